The Balaban J connectivity index is 2.57. The summed E-state index contributed by atoms with van der Waals surface area (Å²) in [6, 6.07) is 11.0. The van der Waals surface area contributed by atoms with E-state index in [2.05, 4.69) is 0 Å². The van der Waals surface area contributed by atoms with Crippen LogP contribution in [0.25, 0.3) is 11.1 Å². The van der Waals surface area contributed by atoms with Gasteiger partial charge in [0.15, 0.2) is 11.6 Å². The van der Waals surface area contributed by atoms with E-state index >= 15 is 0 Å². The minimum atomic E-state index is -0.981. The third-order valence-electron chi connectivity index (χ3n) is 2.60. The minimum absolute atomic E-state index is 0.124. The largest absolute Gasteiger partial charge is 0.369 e. The highest BCUT2D eigenvalue weighted by atomic mass is 19.2. The number of benzene rings is 2. The Bertz CT molecular complexity index is 582. The van der Waals surface area contributed by atoms with E-state index in [0.29, 0.717) is 16.7 Å². The average Bonchev–Trinajstić information content (AvgIpc) is 2.34. The molecule has 1 amide bonds. The molecule has 0 heterocycles. The van der Waals surface area contributed by atoms with Gasteiger partial charge in [-0.05, 0) is 28.8 Å². The van der Waals surface area contributed by atoms with Crippen LogP contribution < -0.4 is 5.73 Å². The molecule has 18 heavy (non-hydrogen) atoms. The highest BCUT2D eigenvalue weighted by Crippen LogP contribution is 2.26. The summed E-state index contributed by atoms with van der Waals surface area (Å²) in [5, 5.41) is 0. The fraction of sp³-hybridized carbons (Fsp3) is 0.0714. The summed E-state index contributed by atoms with van der Waals surface area (Å²) in [5.74, 6) is -2.51. The fourth-order valence-electron chi connectivity index (χ4n) is 1.81. The number of hydrogen-bond acceptors (Lipinski definition) is 1. The lowest BCUT2D eigenvalue weighted by atomic mass is 9.97. The second-order valence-corrected chi connectivity index (χ2v) is 3.93. The first-order valence-corrected chi connectivity index (χ1v) is 5.39. The molecule has 0 atom stereocenters. The molecule has 0 aromatic heterocycles. The van der Waals surface area contributed by atoms with Crippen molar-refractivity contribution in [2.75, 3.05) is 0 Å². The summed E-state index contributed by atoms with van der Waals surface area (Å²) < 4.78 is 26.5. The molecule has 0 fully saturated rings. The first-order chi connectivity index (χ1) is 8.58. The first kappa shape index (κ1) is 12.2. The van der Waals surface area contributed by atoms with Crippen molar-refractivity contribution >= 4 is 5.91 Å². The molecule has 0 aliphatic rings. The van der Waals surface area contributed by atoms with E-state index in [-0.39, 0.29) is 6.42 Å². The lowest BCUT2D eigenvalue weighted by Gasteiger charge is -2.09. The monoisotopic (exact) mass is 247 g/mol. The van der Waals surface area contributed by atoms with Crippen LogP contribution in [0.15, 0.2) is 42.5 Å². The number of primary amides is 1. The fourth-order valence-corrected chi connectivity index (χ4v) is 1.81. The summed E-state index contributed by atoms with van der Waals surface area (Å²) in [4.78, 5) is 11.0. The van der Waals surface area contributed by atoms with Crippen molar-refractivity contribution < 1.29 is 13.6 Å². The summed E-state index contributed by atoms with van der Waals surface area (Å²) >= 11 is 0. The molecule has 2 rings (SSSR count). The predicted octanol–water partition coefficient (Wildman–Crippen LogP) is 2.66. The van der Waals surface area contributed by atoms with Gasteiger partial charge in [-0.25, -0.2) is 8.78 Å². The van der Waals surface area contributed by atoms with Crippen molar-refractivity contribution in [2.24, 2.45) is 5.73 Å². The summed E-state index contributed by atoms with van der Waals surface area (Å²) in [7, 11) is 0. The number of rotatable bonds is 3. The van der Waals surface area contributed by atoms with Crippen LogP contribution in [-0.2, 0) is 11.2 Å². The van der Waals surface area contributed by atoms with Gasteiger partial charge in [-0.15, -0.1) is 0 Å². The second kappa shape index (κ2) is 4.96. The zero-order chi connectivity index (χ0) is 13.1. The molecule has 0 saturated heterocycles. The van der Waals surface area contributed by atoms with Gasteiger partial charge in [-0.2, -0.15) is 0 Å². The maximum atomic E-state index is 13.3. The van der Waals surface area contributed by atoms with Gasteiger partial charge in [-0.3, -0.25) is 4.79 Å². The van der Waals surface area contributed by atoms with Gasteiger partial charge < -0.3 is 5.73 Å². The van der Waals surface area contributed by atoms with Crippen LogP contribution in [0.1, 0.15) is 5.56 Å². The topological polar surface area (TPSA) is 43.1 Å². The van der Waals surface area contributed by atoms with Crippen molar-refractivity contribution in [1.29, 1.82) is 0 Å². The molecule has 0 spiro atoms. The molecular formula is C14H11F2NO. The molecule has 0 aliphatic heterocycles. The standard InChI is InChI=1S/C14H11F2NO/c15-12-6-10(7-14(17)18)11(8-13(12)16)9-4-2-1-3-5-9/h1-6,8H,7H2,(H2,17,18). The van der Waals surface area contributed by atoms with E-state index in [1.807, 2.05) is 6.07 Å². The van der Waals surface area contributed by atoms with Crippen molar-refractivity contribution in [1.82, 2.24) is 0 Å². The third-order valence-corrected chi connectivity index (χ3v) is 2.60. The Hall–Kier alpha value is -2.23. The van der Waals surface area contributed by atoms with Crippen molar-refractivity contribution in [3.8, 4) is 11.1 Å². The maximum absolute atomic E-state index is 13.3. The Morgan fingerprint density at radius 3 is 2.28 bits per heavy atom. The van der Waals surface area contributed by atoms with Crippen LogP contribution in [-0.4, -0.2) is 5.91 Å². The summed E-state index contributed by atoms with van der Waals surface area (Å²) in [6.07, 6.45) is -0.124. The smallest absolute Gasteiger partial charge is 0.221 e. The number of carbonyl (C=O) groups is 1. The lowest BCUT2D eigenvalue weighted by molar-refractivity contribution is -0.117. The minimum Gasteiger partial charge on any atom is -0.369 e. The van der Waals surface area contributed by atoms with Crippen LogP contribution in [0.2, 0.25) is 0 Å². The highest BCUT2D eigenvalue weighted by Gasteiger charge is 2.12. The molecule has 2 N–H and O–H groups in total. The molecule has 4 heteroatoms. The SMILES string of the molecule is NC(=O)Cc1cc(F)c(F)cc1-c1ccccc1. The van der Waals surface area contributed by atoms with E-state index in [1.54, 1.807) is 24.3 Å². The van der Waals surface area contributed by atoms with Crippen LogP contribution in [0.3, 0.4) is 0 Å². The number of halogens is 2. The second-order valence-electron chi connectivity index (χ2n) is 3.93. The third kappa shape index (κ3) is 2.53. The van der Waals surface area contributed by atoms with Crippen molar-refractivity contribution in [3.05, 3.63) is 59.7 Å². The summed E-state index contributed by atoms with van der Waals surface area (Å²) in [6.45, 7) is 0. The van der Waals surface area contributed by atoms with E-state index in [0.717, 1.165) is 12.1 Å². The van der Waals surface area contributed by atoms with Gasteiger partial charge in [0.2, 0.25) is 5.91 Å². The molecule has 2 nitrogen and oxygen atoms in total. The molecule has 2 aromatic carbocycles. The molecule has 0 saturated carbocycles. The highest BCUT2D eigenvalue weighted by molar-refractivity contribution is 5.80. The van der Waals surface area contributed by atoms with Crippen molar-refractivity contribution in [3.63, 3.8) is 0 Å². The number of nitrogens with two attached hydrogens (primary N) is 1. The van der Waals surface area contributed by atoms with Gasteiger partial charge in [0.1, 0.15) is 0 Å². The van der Waals surface area contributed by atoms with E-state index in [4.69, 9.17) is 5.73 Å². The molecule has 0 unspecified atom stereocenters. The maximum Gasteiger partial charge on any atom is 0.221 e. The molecule has 0 radical (unpaired) electrons. The number of amides is 1. The number of hydrogen-bond donors (Lipinski definition) is 1. The molecule has 92 valence electrons. The van der Waals surface area contributed by atoms with Crippen LogP contribution in [0.4, 0.5) is 8.78 Å². The molecule has 0 bridgehead atoms. The Morgan fingerprint density at radius 2 is 1.67 bits per heavy atom. The average molecular weight is 247 g/mol. The van der Waals surface area contributed by atoms with Crippen molar-refractivity contribution in [2.45, 2.75) is 6.42 Å². The predicted molar refractivity (Wildman–Crippen MR) is 64.7 cm³/mol. The normalized spacial score (nSPS) is 10.3. The van der Waals surface area contributed by atoms with Gasteiger partial charge in [0, 0.05) is 0 Å². The Kier molecular flexibility index (Phi) is 3.37. The van der Waals surface area contributed by atoms with Crippen LogP contribution in [0, 0.1) is 11.6 Å². The zero-order valence-corrected chi connectivity index (χ0v) is 9.49. The summed E-state index contributed by atoms with van der Waals surface area (Å²) in [5.41, 5.74) is 6.68. The van der Waals surface area contributed by atoms with E-state index < -0.39 is 17.5 Å². The van der Waals surface area contributed by atoms with Crippen LogP contribution in [0.5, 0.6) is 0 Å². The number of carbonyl (C=O) groups excluding carboxylic acids is 1. The van der Waals surface area contributed by atoms with Gasteiger partial charge in [0.05, 0.1) is 6.42 Å². The van der Waals surface area contributed by atoms with E-state index in [9.17, 15) is 13.6 Å². The Labute approximate surface area is 103 Å². The van der Waals surface area contributed by atoms with Gasteiger partial charge >= 0.3 is 0 Å². The van der Waals surface area contributed by atoms with E-state index in [1.165, 1.54) is 0 Å². The first-order valence-electron chi connectivity index (χ1n) is 5.39. The van der Waals surface area contributed by atoms with Gasteiger partial charge in [-0.1, -0.05) is 30.3 Å². The zero-order valence-electron chi connectivity index (χ0n) is 9.49. The van der Waals surface area contributed by atoms with Gasteiger partial charge in [0.25, 0.3) is 0 Å². The Morgan fingerprint density at radius 1 is 1.06 bits per heavy atom. The molecule has 2 aromatic rings. The lowest BCUT2D eigenvalue weighted by Crippen LogP contribution is -2.14. The molecule has 0 aliphatic carbocycles. The quantitative estimate of drug-likeness (QED) is 0.890. The molecular weight excluding hydrogens is 236 g/mol. The van der Waals surface area contributed by atoms with Crippen LogP contribution >= 0.6 is 0 Å².